The van der Waals surface area contributed by atoms with E-state index in [0.29, 0.717) is 24.2 Å². The second-order valence-electron chi connectivity index (χ2n) is 6.02. The van der Waals surface area contributed by atoms with Crippen molar-refractivity contribution >= 4 is 11.9 Å². The smallest absolute Gasteiger partial charge is 0.333 e. The van der Waals surface area contributed by atoms with Gasteiger partial charge in [-0.25, -0.2) is 9.59 Å². The lowest BCUT2D eigenvalue weighted by atomic mass is 9.88. The van der Waals surface area contributed by atoms with E-state index in [0.717, 1.165) is 5.57 Å². The highest BCUT2D eigenvalue weighted by molar-refractivity contribution is 5.87. The highest BCUT2D eigenvalue weighted by atomic mass is 16.6. The third kappa shape index (κ3) is 8.35. The van der Waals surface area contributed by atoms with E-state index in [1.807, 2.05) is 13.8 Å². The molecule has 0 heterocycles. The van der Waals surface area contributed by atoms with E-state index in [1.165, 1.54) is 0 Å². The first kappa shape index (κ1) is 21.1. The van der Waals surface area contributed by atoms with Crippen molar-refractivity contribution in [1.29, 1.82) is 0 Å². The predicted octanol–water partition coefficient (Wildman–Crippen LogP) is 3.21. The average Bonchev–Trinajstić information content (AvgIpc) is 2.48. The van der Waals surface area contributed by atoms with Crippen LogP contribution in [0.5, 0.6) is 0 Å². The van der Waals surface area contributed by atoms with Crippen molar-refractivity contribution in [3.8, 4) is 0 Å². The minimum Gasteiger partial charge on any atom is -0.462 e. The fraction of sp³-hybridized carbons (Fsp3) is 0.556. The Kier molecular flexibility index (Phi) is 9.18. The molecule has 0 aliphatic rings. The molecule has 0 bridgehead atoms. The number of rotatable bonds is 11. The van der Waals surface area contributed by atoms with Gasteiger partial charge in [-0.1, -0.05) is 32.2 Å². The van der Waals surface area contributed by atoms with Crippen LogP contribution in [0.4, 0.5) is 0 Å². The molecule has 0 spiro atoms. The summed E-state index contributed by atoms with van der Waals surface area (Å²) in [4.78, 5) is 23.3. The molecule has 5 nitrogen and oxygen atoms in total. The van der Waals surface area contributed by atoms with E-state index < -0.39 is 17.4 Å². The van der Waals surface area contributed by atoms with Gasteiger partial charge in [-0.2, -0.15) is 0 Å². The maximum atomic E-state index is 11.6. The molecule has 0 rings (SSSR count). The van der Waals surface area contributed by atoms with Crippen molar-refractivity contribution < 1.29 is 23.8 Å². The van der Waals surface area contributed by atoms with Crippen molar-refractivity contribution in [2.24, 2.45) is 5.41 Å². The largest absolute Gasteiger partial charge is 0.462 e. The maximum absolute atomic E-state index is 11.6. The second kappa shape index (κ2) is 10.0. The van der Waals surface area contributed by atoms with E-state index in [2.05, 4.69) is 19.7 Å². The molecule has 5 heteroatoms. The second-order valence-corrected chi connectivity index (χ2v) is 6.02. The fourth-order valence-electron chi connectivity index (χ4n) is 1.56. The predicted molar refractivity (Wildman–Crippen MR) is 89.9 cm³/mol. The SMILES string of the molecule is C=C(C)COCC(CC)(COC(=O)C(=C)C)COC(=O)C(=C)C. The maximum Gasteiger partial charge on any atom is 0.333 e. The van der Waals surface area contributed by atoms with Gasteiger partial charge in [-0.15, -0.1) is 0 Å². The third-order valence-electron chi connectivity index (χ3n) is 3.22. The van der Waals surface area contributed by atoms with Crippen molar-refractivity contribution in [2.75, 3.05) is 26.4 Å². The van der Waals surface area contributed by atoms with E-state index in [-0.39, 0.29) is 19.8 Å². The summed E-state index contributed by atoms with van der Waals surface area (Å²) in [6.07, 6.45) is 0.607. The monoisotopic (exact) mass is 324 g/mol. The van der Waals surface area contributed by atoms with Gasteiger partial charge in [0.2, 0.25) is 0 Å². The molecule has 23 heavy (non-hydrogen) atoms. The number of carbonyl (C=O) groups is 2. The summed E-state index contributed by atoms with van der Waals surface area (Å²) >= 11 is 0. The summed E-state index contributed by atoms with van der Waals surface area (Å²) in [6.45, 7) is 18.6. The molecule has 0 aliphatic carbocycles. The summed E-state index contributed by atoms with van der Waals surface area (Å²) < 4.78 is 16.1. The average molecular weight is 324 g/mol. The van der Waals surface area contributed by atoms with Crippen molar-refractivity contribution in [2.45, 2.75) is 34.1 Å². The number of hydrogen-bond acceptors (Lipinski definition) is 5. The number of esters is 2. The van der Waals surface area contributed by atoms with Crippen LogP contribution in [-0.4, -0.2) is 38.4 Å². The Morgan fingerprint density at radius 3 is 1.61 bits per heavy atom. The molecule has 0 fully saturated rings. The third-order valence-corrected chi connectivity index (χ3v) is 3.22. The Morgan fingerprint density at radius 1 is 0.870 bits per heavy atom. The molecule has 0 saturated heterocycles. The summed E-state index contributed by atoms with van der Waals surface area (Å²) in [5.41, 5.74) is 0.896. The fourth-order valence-corrected chi connectivity index (χ4v) is 1.56. The lowest BCUT2D eigenvalue weighted by molar-refractivity contribution is -0.152. The van der Waals surface area contributed by atoms with Gasteiger partial charge >= 0.3 is 11.9 Å². The van der Waals surface area contributed by atoms with Crippen LogP contribution in [0.25, 0.3) is 0 Å². The van der Waals surface area contributed by atoms with Crippen LogP contribution in [0, 0.1) is 5.41 Å². The van der Waals surface area contributed by atoms with Gasteiger partial charge in [-0.3, -0.25) is 0 Å². The molecule has 130 valence electrons. The van der Waals surface area contributed by atoms with Gasteiger partial charge in [0, 0.05) is 11.1 Å². The highest BCUT2D eigenvalue weighted by Crippen LogP contribution is 2.25. The Bertz CT molecular complexity index is 446. The first-order chi connectivity index (χ1) is 10.6. The molecular formula is C18H28O5. The molecule has 0 radical (unpaired) electrons. The van der Waals surface area contributed by atoms with Crippen LogP contribution in [0.1, 0.15) is 34.1 Å². The van der Waals surface area contributed by atoms with Crippen molar-refractivity contribution in [3.63, 3.8) is 0 Å². The molecule has 0 aromatic rings. The van der Waals surface area contributed by atoms with Gasteiger partial charge < -0.3 is 14.2 Å². The number of carbonyl (C=O) groups excluding carboxylic acids is 2. The first-order valence-electron chi connectivity index (χ1n) is 7.51. The standard InChI is InChI=1S/C18H28O5/c1-8-18(10-21-9-13(2)3,11-22-16(19)14(4)5)12-23-17(20)15(6)7/h2,4,6,8-12H2,1,3,5,7H3. The zero-order chi connectivity index (χ0) is 18.0. The van der Waals surface area contributed by atoms with Crippen LogP contribution < -0.4 is 0 Å². The van der Waals surface area contributed by atoms with Gasteiger partial charge in [-0.05, 0) is 27.2 Å². The molecule has 0 unspecified atom stereocenters. The summed E-state index contributed by atoms with van der Waals surface area (Å²) in [5.74, 6) is -0.956. The van der Waals surface area contributed by atoms with Crippen LogP contribution in [-0.2, 0) is 23.8 Å². The van der Waals surface area contributed by atoms with Gasteiger partial charge in [0.25, 0.3) is 0 Å². The Labute approximate surface area is 139 Å². The van der Waals surface area contributed by atoms with Gasteiger partial charge in [0.1, 0.15) is 13.2 Å². The van der Waals surface area contributed by atoms with Gasteiger partial charge in [0.05, 0.1) is 18.6 Å². The molecule has 0 aromatic carbocycles. The number of ether oxygens (including phenoxy) is 3. The van der Waals surface area contributed by atoms with Crippen molar-refractivity contribution in [3.05, 3.63) is 36.5 Å². The molecular weight excluding hydrogens is 296 g/mol. The topological polar surface area (TPSA) is 61.8 Å². The first-order valence-corrected chi connectivity index (χ1v) is 7.51. The Balaban J connectivity index is 4.92. The van der Waals surface area contributed by atoms with E-state index in [9.17, 15) is 9.59 Å². The van der Waals surface area contributed by atoms with Crippen molar-refractivity contribution in [1.82, 2.24) is 0 Å². The summed E-state index contributed by atoms with van der Waals surface area (Å²) in [5, 5.41) is 0. The molecule has 0 atom stereocenters. The lowest BCUT2D eigenvalue weighted by Gasteiger charge is -2.31. The van der Waals surface area contributed by atoms with Crippen LogP contribution in [0.15, 0.2) is 36.5 Å². The van der Waals surface area contributed by atoms with Crippen LogP contribution in [0.2, 0.25) is 0 Å². The molecule has 0 aliphatic heterocycles. The zero-order valence-corrected chi connectivity index (χ0v) is 14.7. The molecule has 0 saturated carbocycles. The Hall–Kier alpha value is -1.88. The van der Waals surface area contributed by atoms with Gasteiger partial charge in [0.15, 0.2) is 0 Å². The van der Waals surface area contributed by atoms with E-state index in [4.69, 9.17) is 14.2 Å². The van der Waals surface area contributed by atoms with E-state index in [1.54, 1.807) is 13.8 Å². The van der Waals surface area contributed by atoms with Crippen LogP contribution in [0.3, 0.4) is 0 Å². The summed E-state index contributed by atoms with van der Waals surface area (Å²) in [6, 6.07) is 0. The quantitative estimate of drug-likeness (QED) is 0.332. The van der Waals surface area contributed by atoms with Crippen LogP contribution >= 0.6 is 0 Å². The normalized spacial score (nSPS) is 10.8. The molecule has 0 amide bonds. The Morgan fingerprint density at radius 2 is 1.30 bits per heavy atom. The zero-order valence-electron chi connectivity index (χ0n) is 14.7. The highest BCUT2D eigenvalue weighted by Gasteiger charge is 2.33. The minimum atomic E-state index is -0.619. The molecule has 0 aromatic heterocycles. The lowest BCUT2D eigenvalue weighted by Crippen LogP contribution is -2.38. The van der Waals surface area contributed by atoms with E-state index >= 15 is 0 Å². The minimum absolute atomic E-state index is 0.0782. The molecule has 0 N–H and O–H groups in total. The number of hydrogen-bond donors (Lipinski definition) is 0. The summed E-state index contributed by atoms with van der Waals surface area (Å²) in [7, 11) is 0.